The van der Waals surface area contributed by atoms with Crippen LogP contribution in [0.5, 0.6) is 0 Å². The van der Waals surface area contributed by atoms with Crippen molar-refractivity contribution in [3.63, 3.8) is 0 Å². The molecular formula is C28H22N2. The Morgan fingerprint density at radius 1 is 0.567 bits per heavy atom. The van der Waals surface area contributed by atoms with Crippen LogP contribution < -0.4 is 10.6 Å². The van der Waals surface area contributed by atoms with Crippen LogP contribution in [-0.4, -0.2) is 0 Å². The molecule has 0 heterocycles. The maximum Gasteiger partial charge on any atom is 0.0464 e. The van der Waals surface area contributed by atoms with Gasteiger partial charge in [0.2, 0.25) is 0 Å². The van der Waals surface area contributed by atoms with Gasteiger partial charge in [0.15, 0.2) is 0 Å². The minimum absolute atomic E-state index is 0.952. The lowest BCUT2D eigenvalue weighted by molar-refractivity contribution is 1.17. The summed E-state index contributed by atoms with van der Waals surface area (Å²) in [6.45, 7) is 0. The van der Waals surface area contributed by atoms with Gasteiger partial charge in [0, 0.05) is 33.7 Å². The van der Waals surface area contributed by atoms with E-state index in [0.29, 0.717) is 0 Å². The first kappa shape index (κ1) is 17.1. The van der Waals surface area contributed by atoms with Crippen LogP contribution in [0.15, 0.2) is 103 Å². The number of nitrogens with one attached hydrogen (secondary N) is 2. The quantitative estimate of drug-likeness (QED) is 0.392. The Morgan fingerprint density at radius 3 is 2.00 bits per heavy atom. The fourth-order valence-electron chi connectivity index (χ4n) is 4.67. The van der Waals surface area contributed by atoms with E-state index in [2.05, 4.69) is 102 Å². The van der Waals surface area contributed by atoms with E-state index in [4.69, 9.17) is 0 Å². The summed E-state index contributed by atoms with van der Waals surface area (Å²) in [6.07, 6.45) is 6.62. The average molecular weight is 386 g/mol. The van der Waals surface area contributed by atoms with Crippen molar-refractivity contribution in [2.45, 2.75) is 12.8 Å². The van der Waals surface area contributed by atoms with Gasteiger partial charge in [0.05, 0.1) is 0 Å². The van der Waals surface area contributed by atoms with Crippen LogP contribution in [0.1, 0.15) is 16.7 Å². The smallest absolute Gasteiger partial charge is 0.0464 e. The van der Waals surface area contributed by atoms with Crippen molar-refractivity contribution >= 4 is 33.4 Å². The van der Waals surface area contributed by atoms with Gasteiger partial charge in [-0.05, 0) is 65.3 Å². The van der Waals surface area contributed by atoms with Gasteiger partial charge in [-0.3, -0.25) is 0 Å². The number of anilines is 3. The maximum absolute atomic E-state index is 3.65. The number of allylic oxidation sites excluding steroid dienone is 3. The van der Waals surface area contributed by atoms with E-state index in [9.17, 15) is 0 Å². The molecule has 0 saturated carbocycles. The molecule has 0 amide bonds. The lowest BCUT2D eigenvalue weighted by Crippen LogP contribution is -2.13. The van der Waals surface area contributed by atoms with Crippen molar-refractivity contribution in [2.75, 3.05) is 10.6 Å². The zero-order valence-electron chi connectivity index (χ0n) is 16.7. The predicted molar refractivity (Wildman–Crippen MR) is 127 cm³/mol. The zero-order chi connectivity index (χ0) is 19.9. The van der Waals surface area contributed by atoms with Gasteiger partial charge < -0.3 is 10.6 Å². The molecule has 2 aliphatic carbocycles. The minimum atomic E-state index is 0.952. The highest BCUT2D eigenvalue weighted by molar-refractivity contribution is 6.08. The highest BCUT2D eigenvalue weighted by Gasteiger charge is 2.24. The van der Waals surface area contributed by atoms with Crippen molar-refractivity contribution < 1.29 is 0 Å². The SMILES string of the molecule is C1=C(Nc2ccccc2)C2=CCc3ccc(Nc4ccccc4)c4ccc(c2c34)C1. The Kier molecular flexibility index (Phi) is 3.95. The average Bonchev–Trinajstić information content (AvgIpc) is 2.81. The van der Waals surface area contributed by atoms with Crippen LogP contribution in [0, 0.1) is 0 Å². The molecule has 0 saturated heterocycles. The summed E-state index contributed by atoms with van der Waals surface area (Å²) in [5.41, 5.74) is 10.2. The molecule has 0 aliphatic heterocycles. The Morgan fingerprint density at radius 2 is 1.23 bits per heavy atom. The van der Waals surface area contributed by atoms with E-state index < -0.39 is 0 Å². The largest absolute Gasteiger partial charge is 0.355 e. The van der Waals surface area contributed by atoms with Crippen molar-refractivity contribution in [1.82, 2.24) is 0 Å². The number of benzene rings is 4. The second-order valence-corrected chi connectivity index (χ2v) is 7.92. The monoisotopic (exact) mass is 386 g/mol. The Bertz CT molecular complexity index is 1320. The normalized spacial score (nSPS) is 14.1. The molecule has 2 aliphatic rings. The molecule has 30 heavy (non-hydrogen) atoms. The van der Waals surface area contributed by atoms with Crippen LogP contribution in [0.4, 0.5) is 17.1 Å². The maximum atomic E-state index is 3.65. The van der Waals surface area contributed by atoms with Crippen molar-refractivity contribution in [3.8, 4) is 0 Å². The van der Waals surface area contributed by atoms with Crippen LogP contribution in [0.2, 0.25) is 0 Å². The van der Waals surface area contributed by atoms with Crippen LogP contribution in [-0.2, 0) is 12.8 Å². The molecular weight excluding hydrogens is 364 g/mol. The fraction of sp³-hybridized carbons (Fsp3) is 0.0714. The summed E-state index contributed by atoms with van der Waals surface area (Å²) in [5, 5.41) is 9.96. The highest BCUT2D eigenvalue weighted by Crippen LogP contribution is 2.44. The van der Waals surface area contributed by atoms with E-state index in [1.165, 1.54) is 38.7 Å². The molecule has 2 heteroatoms. The standard InChI is InChI=1S/C28H22N2/c1-3-7-21(8-4-1)29-25-17-13-19-12-16-24-26(30-22-9-5-2-6-10-22)18-14-20-11-15-23(25)27(19)28(20)24/h1-11,13,15-18,29-30H,12,14H2. The molecule has 4 aromatic carbocycles. The van der Waals surface area contributed by atoms with Gasteiger partial charge in [-0.15, -0.1) is 0 Å². The molecule has 0 atom stereocenters. The first-order valence-electron chi connectivity index (χ1n) is 10.5. The molecule has 0 unspecified atom stereocenters. The molecule has 2 nitrogen and oxygen atoms in total. The fourth-order valence-corrected chi connectivity index (χ4v) is 4.67. The Balaban J connectivity index is 1.46. The second kappa shape index (κ2) is 6.93. The molecule has 0 radical (unpaired) electrons. The molecule has 4 aromatic rings. The Hall–Kier alpha value is -3.78. The molecule has 0 bridgehead atoms. The van der Waals surface area contributed by atoms with E-state index in [-0.39, 0.29) is 0 Å². The number of hydrogen-bond acceptors (Lipinski definition) is 2. The summed E-state index contributed by atoms with van der Waals surface area (Å²) in [6, 6.07) is 29.9. The van der Waals surface area contributed by atoms with Gasteiger partial charge in [-0.1, -0.05) is 66.7 Å². The van der Waals surface area contributed by atoms with E-state index >= 15 is 0 Å². The number of para-hydroxylation sites is 2. The second-order valence-electron chi connectivity index (χ2n) is 7.92. The lowest BCUT2D eigenvalue weighted by Gasteiger charge is -2.28. The van der Waals surface area contributed by atoms with Gasteiger partial charge in [-0.25, -0.2) is 0 Å². The lowest BCUT2D eigenvalue weighted by atomic mass is 9.80. The van der Waals surface area contributed by atoms with Crippen LogP contribution in [0.25, 0.3) is 16.3 Å². The molecule has 0 aromatic heterocycles. The molecule has 0 spiro atoms. The Labute approximate surface area is 176 Å². The van der Waals surface area contributed by atoms with Crippen molar-refractivity contribution in [1.29, 1.82) is 0 Å². The van der Waals surface area contributed by atoms with Crippen molar-refractivity contribution in [3.05, 3.63) is 119 Å². The third-order valence-corrected chi connectivity index (χ3v) is 6.07. The summed E-state index contributed by atoms with van der Waals surface area (Å²) in [5.74, 6) is 0. The van der Waals surface area contributed by atoms with E-state index in [1.807, 2.05) is 6.07 Å². The summed E-state index contributed by atoms with van der Waals surface area (Å²) in [4.78, 5) is 0. The van der Waals surface area contributed by atoms with Gasteiger partial charge >= 0.3 is 0 Å². The molecule has 6 rings (SSSR count). The van der Waals surface area contributed by atoms with Crippen molar-refractivity contribution in [2.24, 2.45) is 0 Å². The third kappa shape index (κ3) is 2.81. The first-order chi connectivity index (χ1) is 14.9. The van der Waals surface area contributed by atoms with E-state index in [0.717, 1.165) is 29.9 Å². The van der Waals surface area contributed by atoms with Crippen LogP contribution in [0.3, 0.4) is 0 Å². The summed E-state index contributed by atoms with van der Waals surface area (Å²) < 4.78 is 0. The topological polar surface area (TPSA) is 24.1 Å². The minimum Gasteiger partial charge on any atom is -0.355 e. The van der Waals surface area contributed by atoms with Gasteiger partial charge in [0.1, 0.15) is 0 Å². The summed E-state index contributed by atoms with van der Waals surface area (Å²) >= 11 is 0. The molecule has 144 valence electrons. The predicted octanol–water partition coefficient (Wildman–Crippen LogP) is 7.08. The number of hydrogen-bond donors (Lipinski definition) is 2. The van der Waals surface area contributed by atoms with E-state index in [1.54, 1.807) is 0 Å². The van der Waals surface area contributed by atoms with Gasteiger partial charge in [0.25, 0.3) is 0 Å². The zero-order valence-corrected chi connectivity index (χ0v) is 16.7. The summed E-state index contributed by atoms with van der Waals surface area (Å²) in [7, 11) is 0. The third-order valence-electron chi connectivity index (χ3n) is 6.07. The molecule has 0 fully saturated rings. The first-order valence-corrected chi connectivity index (χ1v) is 10.5. The molecule has 2 N–H and O–H groups in total. The van der Waals surface area contributed by atoms with Gasteiger partial charge in [-0.2, -0.15) is 0 Å². The van der Waals surface area contributed by atoms with Crippen LogP contribution >= 0.6 is 0 Å². The number of rotatable bonds is 4. The highest BCUT2D eigenvalue weighted by atomic mass is 14.9.